The number of halogens is 1. The number of unbranched alkanes of at least 4 members (excludes halogenated alkanes) is 1. The minimum absolute atomic E-state index is 0.493. The molecule has 0 aliphatic carbocycles. The third kappa shape index (κ3) is 4.12. The van der Waals surface area contributed by atoms with Crippen LogP contribution in [-0.2, 0) is 11.3 Å². The number of ether oxygens (including phenoxy) is 2. The van der Waals surface area contributed by atoms with Gasteiger partial charge in [-0.1, -0.05) is 12.1 Å². The van der Waals surface area contributed by atoms with Crippen LogP contribution >= 0.6 is 15.9 Å². The average Bonchev–Trinajstić information content (AvgIpc) is 2.30. The summed E-state index contributed by atoms with van der Waals surface area (Å²) in [6.45, 7) is 1.97. The first-order chi connectivity index (χ1) is 7.79. The van der Waals surface area contributed by atoms with Crippen molar-refractivity contribution in [1.82, 2.24) is 0 Å². The van der Waals surface area contributed by atoms with Crippen LogP contribution in [0.2, 0.25) is 0 Å². The van der Waals surface area contributed by atoms with Crippen LogP contribution in [0.3, 0.4) is 0 Å². The van der Waals surface area contributed by atoms with E-state index in [1.54, 1.807) is 7.11 Å². The van der Waals surface area contributed by atoms with Crippen LogP contribution in [0.1, 0.15) is 18.4 Å². The SMILES string of the molecule is COCCCCOc1c(Br)cccc1CN. The summed E-state index contributed by atoms with van der Waals surface area (Å²) in [5, 5.41) is 0. The molecule has 0 atom stereocenters. The highest BCUT2D eigenvalue weighted by Crippen LogP contribution is 2.28. The van der Waals surface area contributed by atoms with Crippen molar-refractivity contribution in [3.63, 3.8) is 0 Å². The summed E-state index contributed by atoms with van der Waals surface area (Å²) >= 11 is 3.47. The van der Waals surface area contributed by atoms with E-state index in [9.17, 15) is 0 Å². The molecule has 0 fully saturated rings. The number of methoxy groups -OCH3 is 1. The van der Waals surface area contributed by atoms with E-state index in [0.29, 0.717) is 13.2 Å². The zero-order valence-corrected chi connectivity index (χ0v) is 11.1. The molecular weight excluding hydrogens is 270 g/mol. The van der Waals surface area contributed by atoms with Crippen molar-refractivity contribution in [3.8, 4) is 5.75 Å². The first-order valence-electron chi connectivity index (χ1n) is 5.38. The number of hydrogen-bond acceptors (Lipinski definition) is 3. The van der Waals surface area contributed by atoms with Crippen molar-refractivity contribution < 1.29 is 9.47 Å². The number of hydrogen-bond donors (Lipinski definition) is 1. The van der Waals surface area contributed by atoms with E-state index >= 15 is 0 Å². The lowest BCUT2D eigenvalue weighted by Crippen LogP contribution is -2.05. The van der Waals surface area contributed by atoms with Crippen LogP contribution in [0.25, 0.3) is 0 Å². The molecule has 4 heteroatoms. The van der Waals surface area contributed by atoms with Gasteiger partial charge >= 0.3 is 0 Å². The standard InChI is InChI=1S/C12H18BrNO2/c1-15-7-2-3-8-16-12-10(9-14)5-4-6-11(12)13/h4-6H,2-3,7-9,14H2,1H3. The number of benzene rings is 1. The molecule has 0 radical (unpaired) electrons. The fraction of sp³-hybridized carbons (Fsp3) is 0.500. The molecule has 0 saturated carbocycles. The van der Waals surface area contributed by atoms with E-state index in [2.05, 4.69) is 15.9 Å². The van der Waals surface area contributed by atoms with Gasteiger partial charge in [-0.25, -0.2) is 0 Å². The van der Waals surface area contributed by atoms with Gasteiger partial charge in [0, 0.05) is 25.8 Å². The first kappa shape index (κ1) is 13.5. The second-order valence-electron chi connectivity index (χ2n) is 3.48. The Balaban J connectivity index is 2.46. The van der Waals surface area contributed by atoms with Crippen molar-refractivity contribution in [2.45, 2.75) is 19.4 Å². The summed E-state index contributed by atoms with van der Waals surface area (Å²) < 4.78 is 11.7. The fourth-order valence-electron chi connectivity index (χ4n) is 1.40. The summed E-state index contributed by atoms with van der Waals surface area (Å²) in [5.74, 6) is 0.863. The van der Waals surface area contributed by atoms with Gasteiger partial charge in [-0.15, -0.1) is 0 Å². The minimum Gasteiger partial charge on any atom is -0.492 e. The molecule has 1 rings (SSSR count). The monoisotopic (exact) mass is 287 g/mol. The summed E-state index contributed by atoms with van der Waals surface area (Å²) in [5.41, 5.74) is 6.68. The Morgan fingerprint density at radius 1 is 1.25 bits per heavy atom. The molecule has 1 aromatic rings. The molecular formula is C12H18BrNO2. The van der Waals surface area contributed by atoms with Gasteiger partial charge < -0.3 is 15.2 Å². The lowest BCUT2D eigenvalue weighted by molar-refractivity contribution is 0.184. The maximum atomic E-state index is 5.72. The first-order valence-corrected chi connectivity index (χ1v) is 6.18. The van der Waals surface area contributed by atoms with E-state index in [0.717, 1.165) is 35.2 Å². The van der Waals surface area contributed by atoms with Crippen LogP contribution in [0.5, 0.6) is 5.75 Å². The Bertz CT molecular complexity index is 318. The lowest BCUT2D eigenvalue weighted by Gasteiger charge is -2.12. The number of nitrogens with two attached hydrogens (primary N) is 1. The van der Waals surface area contributed by atoms with Crippen LogP contribution in [0, 0.1) is 0 Å². The second kappa shape index (κ2) is 7.65. The Morgan fingerprint density at radius 2 is 2.00 bits per heavy atom. The highest BCUT2D eigenvalue weighted by atomic mass is 79.9. The van der Waals surface area contributed by atoms with Crippen molar-refractivity contribution >= 4 is 15.9 Å². The fourth-order valence-corrected chi connectivity index (χ4v) is 1.92. The molecule has 0 heterocycles. The largest absolute Gasteiger partial charge is 0.492 e. The molecule has 0 amide bonds. The summed E-state index contributed by atoms with van der Waals surface area (Å²) in [4.78, 5) is 0. The van der Waals surface area contributed by atoms with Gasteiger partial charge in [0.2, 0.25) is 0 Å². The zero-order chi connectivity index (χ0) is 11.8. The van der Waals surface area contributed by atoms with E-state index in [1.165, 1.54) is 0 Å². The highest BCUT2D eigenvalue weighted by molar-refractivity contribution is 9.10. The average molecular weight is 288 g/mol. The van der Waals surface area contributed by atoms with Gasteiger partial charge in [-0.3, -0.25) is 0 Å². The molecule has 0 aliphatic heterocycles. The number of rotatable bonds is 7. The molecule has 0 aromatic heterocycles. The summed E-state index contributed by atoms with van der Waals surface area (Å²) in [6, 6.07) is 5.91. The quantitative estimate of drug-likeness (QED) is 0.785. The Hall–Kier alpha value is -0.580. The zero-order valence-electron chi connectivity index (χ0n) is 9.54. The Morgan fingerprint density at radius 3 is 2.69 bits per heavy atom. The van der Waals surface area contributed by atoms with Crippen LogP contribution < -0.4 is 10.5 Å². The van der Waals surface area contributed by atoms with Crippen LogP contribution in [-0.4, -0.2) is 20.3 Å². The van der Waals surface area contributed by atoms with E-state index in [1.807, 2.05) is 18.2 Å². The Kier molecular flexibility index (Phi) is 6.45. The topological polar surface area (TPSA) is 44.5 Å². The lowest BCUT2D eigenvalue weighted by atomic mass is 10.2. The van der Waals surface area contributed by atoms with Crippen LogP contribution in [0.4, 0.5) is 0 Å². The van der Waals surface area contributed by atoms with Gasteiger partial charge in [-0.2, -0.15) is 0 Å². The van der Waals surface area contributed by atoms with E-state index in [4.69, 9.17) is 15.2 Å². The molecule has 90 valence electrons. The van der Waals surface area contributed by atoms with Crippen LogP contribution in [0.15, 0.2) is 22.7 Å². The normalized spacial score (nSPS) is 10.4. The van der Waals surface area contributed by atoms with Gasteiger partial charge in [-0.05, 0) is 34.8 Å². The molecule has 1 aromatic carbocycles. The van der Waals surface area contributed by atoms with Gasteiger partial charge in [0.1, 0.15) is 5.75 Å². The van der Waals surface area contributed by atoms with E-state index in [-0.39, 0.29) is 0 Å². The molecule has 0 unspecified atom stereocenters. The Labute approximate surface area is 105 Å². The third-order valence-corrected chi connectivity index (χ3v) is 2.88. The van der Waals surface area contributed by atoms with Crippen molar-refractivity contribution in [3.05, 3.63) is 28.2 Å². The summed E-state index contributed by atoms with van der Waals surface area (Å²) in [7, 11) is 1.71. The maximum absolute atomic E-state index is 5.72. The van der Waals surface area contributed by atoms with E-state index < -0.39 is 0 Å². The van der Waals surface area contributed by atoms with Crippen molar-refractivity contribution in [1.29, 1.82) is 0 Å². The highest BCUT2D eigenvalue weighted by Gasteiger charge is 2.06. The van der Waals surface area contributed by atoms with Gasteiger partial charge in [0.05, 0.1) is 11.1 Å². The molecule has 0 saturated heterocycles. The maximum Gasteiger partial charge on any atom is 0.137 e. The number of para-hydroxylation sites is 1. The minimum atomic E-state index is 0.493. The van der Waals surface area contributed by atoms with Crippen molar-refractivity contribution in [2.24, 2.45) is 5.73 Å². The summed E-state index contributed by atoms with van der Waals surface area (Å²) in [6.07, 6.45) is 2.00. The predicted molar refractivity (Wildman–Crippen MR) is 68.6 cm³/mol. The molecule has 0 spiro atoms. The molecule has 16 heavy (non-hydrogen) atoms. The third-order valence-electron chi connectivity index (χ3n) is 2.26. The van der Waals surface area contributed by atoms with Gasteiger partial charge in [0.15, 0.2) is 0 Å². The smallest absolute Gasteiger partial charge is 0.137 e. The van der Waals surface area contributed by atoms with Crippen molar-refractivity contribution in [2.75, 3.05) is 20.3 Å². The molecule has 0 bridgehead atoms. The molecule has 2 N–H and O–H groups in total. The predicted octanol–water partition coefficient (Wildman–Crippen LogP) is 2.71. The molecule has 3 nitrogen and oxygen atoms in total. The molecule has 0 aliphatic rings. The van der Waals surface area contributed by atoms with Gasteiger partial charge in [0.25, 0.3) is 0 Å². The second-order valence-corrected chi connectivity index (χ2v) is 4.33.